The molecule has 0 saturated heterocycles. The molecule has 0 aliphatic heterocycles. The molecule has 0 aliphatic rings. The van der Waals surface area contributed by atoms with Crippen molar-refractivity contribution in [1.82, 2.24) is 10.2 Å². The van der Waals surface area contributed by atoms with Crippen molar-refractivity contribution in [3.05, 3.63) is 5.01 Å². The van der Waals surface area contributed by atoms with Crippen LogP contribution in [0.15, 0.2) is 0 Å². The van der Waals surface area contributed by atoms with Crippen LogP contribution < -0.4 is 5.32 Å². The first-order valence-electron chi connectivity index (χ1n) is 3.70. The van der Waals surface area contributed by atoms with Crippen LogP contribution in [0.1, 0.15) is 18.9 Å². The van der Waals surface area contributed by atoms with Gasteiger partial charge in [-0.05, 0) is 6.92 Å². The third kappa shape index (κ3) is 2.27. The number of aromatic nitrogens is 2. The first-order chi connectivity index (χ1) is 5.59. The smallest absolute Gasteiger partial charge is 0.228 e. The number of hydrogen-bond acceptors (Lipinski definition) is 4. The first kappa shape index (κ1) is 9.12. The average molecular weight is 185 g/mol. The Hall–Kier alpha value is -0.970. The van der Waals surface area contributed by atoms with Gasteiger partial charge in [0.2, 0.25) is 11.0 Å². The molecule has 0 radical (unpaired) electrons. The van der Waals surface area contributed by atoms with Crippen molar-refractivity contribution in [1.29, 1.82) is 0 Å². The number of rotatable bonds is 2. The highest BCUT2D eigenvalue weighted by molar-refractivity contribution is 7.15. The minimum absolute atomic E-state index is 0.0193. The lowest BCUT2D eigenvalue weighted by Crippen LogP contribution is -2.17. The van der Waals surface area contributed by atoms with Gasteiger partial charge in [0.05, 0.1) is 0 Å². The van der Waals surface area contributed by atoms with E-state index in [1.807, 2.05) is 20.8 Å². The van der Waals surface area contributed by atoms with Gasteiger partial charge in [-0.3, -0.25) is 4.79 Å². The number of carbonyl (C=O) groups excluding carboxylic acids is 1. The molecule has 0 atom stereocenters. The molecule has 5 heteroatoms. The molecule has 1 amide bonds. The molecule has 4 nitrogen and oxygen atoms in total. The second-order valence-corrected chi connectivity index (χ2v) is 3.95. The quantitative estimate of drug-likeness (QED) is 0.758. The SMILES string of the molecule is Cc1nnc(NC(=O)C(C)C)s1. The van der Waals surface area contributed by atoms with Gasteiger partial charge in [0.25, 0.3) is 0 Å². The normalized spacial score (nSPS) is 10.3. The summed E-state index contributed by atoms with van der Waals surface area (Å²) in [6.07, 6.45) is 0. The maximum atomic E-state index is 11.1. The minimum atomic E-state index is -0.0221. The Morgan fingerprint density at radius 1 is 1.50 bits per heavy atom. The zero-order valence-corrected chi connectivity index (χ0v) is 8.10. The predicted molar refractivity (Wildman–Crippen MR) is 48.1 cm³/mol. The molecule has 0 fully saturated rings. The third-order valence-electron chi connectivity index (χ3n) is 1.28. The van der Waals surface area contributed by atoms with E-state index < -0.39 is 0 Å². The summed E-state index contributed by atoms with van der Waals surface area (Å²) in [6, 6.07) is 0. The summed E-state index contributed by atoms with van der Waals surface area (Å²) in [5, 5.41) is 11.7. The number of carbonyl (C=O) groups is 1. The summed E-state index contributed by atoms with van der Waals surface area (Å²) in [5.41, 5.74) is 0. The van der Waals surface area contributed by atoms with Crippen LogP contribution in [0.25, 0.3) is 0 Å². The second-order valence-electron chi connectivity index (χ2n) is 2.77. The lowest BCUT2D eigenvalue weighted by Gasteiger charge is -2.02. The Bertz CT molecular complexity index is 282. The number of amides is 1. The van der Waals surface area contributed by atoms with E-state index in [2.05, 4.69) is 15.5 Å². The molecular formula is C7H11N3OS. The zero-order chi connectivity index (χ0) is 9.14. The van der Waals surface area contributed by atoms with Crippen LogP contribution >= 0.6 is 11.3 Å². The standard InChI is InChI=1S/C7H11N3OS/c1-4(2)6(11)8-7-10-9-5(3)12-7/h4H,1-3H3,(H,8,10,11). The highest BCUT2D eigenvalue weighted by Crippen LogP contribution is 2.14. The molecule has 1 aromatic rings. The van der Waals surface area contributed by atoms with Crippen molar-refractivity contribution in [3.63, 3.8) is 0 Å². The third-order valence-corrected chi connectivity index (χ3v) is 2.03. The van der Waals surface area contributed by atoms with E-state index in [4.69, 9.17) is 0 Å². The molecule has 1 N–H and O–H groups in total. The Morgan fingerprint density at radius 3 is 2.58 bits per heavy atom. The van der Waals surface area contributed by atoms with Gasteiger partial charge in [0.1, 0.15) is 5.01 Å². The van der Waals surface area contributed by atoms with Crippen molar-refractivity contribution < 1.29 is 4.79 Å². The number of anilines is 1. The second kappa shape index (κ2) is 3.62. The lowest BCUT2D eigenvalue weighted by molar-refractivity contribution is -0.118. The Labute approximate surface area is 75.0 Å². The van der Waals surface area contributed by atoms with E-state index in [1.54, 1.807) is 0 Å². The van der Waals surface area contributed by atoms with Crippen LogP contribution in [0.4, 0.5) is 5.13 Å². The topological polar surface area (TPSA) is 54.9 Å². The van der Waals surface area contributed by atoms with Crippen LogP contribution in [0, 0.1) is 12.8 Å². The van der Waals surface area contributed by atoms with E-state index in [0.717, 1.165) is 5.01 Å². The Kier molecular flexibility index (Phi) is 2.75. The molecule has 0 unspecified atom stereocenters. The minimum Gasteiger partial charge on any atom is -0.300 e. The van der Waals surface area contributed by atoms with Crippen LogP contribution in [0.3, 0.4) is 0 Å². The van der Waals surface area contributed by atoms with Gasteiger partial charge in [0, 0.05) is 5.92 Å². The number of nitrogens with zero attached hydrogens (tertiary/aromatic N) is 2. The fourth-order valence-electron chi connectivity index (χ4n) is 0.597. The van der Waals surface area contributed by atoms with Crippen LogP contribution in [0.5, 0.6) is 0 Å². The maximum absolute atomic E-state index is 11.1. The molecule has 66 valence electrons. The van der Waals surface area contributed by atoms with Crippen molar-refractivity contribution in [3.8, 4) is 0 Å². The molecule has 0 aliphatic carbocycles. The van der Waals surface area contributed by atoms with Crippen LogP contribution in [-0.2, 0) is 4.79 Å². The fourth-order valence-corrected chi connectivity index (χ4v) is 1.19. The van der Waals surface area contributed by atoms with Crippen LogP contribution in [0.2, 0.25) is 0 Å². The highest BCUT2D eigenvalue weighted by Gasteiger charge is 2.09. The molecule has 12 heavy (non-hydrogen) atoms. The largest absolute Gasteiger partial charge is 0.300 e. The van der Waals surface area contributed by atoms with Gasteiger partial charge in [-0.2, -0.15) is 0 Å². The Morgan fingerprint density at radius 2 is 2.17 bits per heavy atom. The fraction of sp³-hybridized carbons (Fsp3) is 0.571. The Balaban J connectivity index is 2.58. The monoisotopic (exact) mass is 185 g/mol. The molecule has 1 rings (SSSR count). The van der Waals surface area contributed by atoms with Crippen LogP contribution in [-0.4, -0.2) is 16.1 Å². The molecule has 0 bridgehead atoms. The maximum Gasteiger partial charge on any atom is 0.228 e. The summed E-state index contributed by atoms with van der Waals surface area (Å²) < 4.78 is 0. The summed E-state index contributed by atoms with van der Waals surface area (Å²) in [4.78, 5) is 11.1. The molecule has 1 aromatic heterocycles. The molecular weight excluding hydrogens is 174 g/mol. The summed E-state index contributed by atoms with van der Waals surface area (Å²) >= 11 is 1.38. The van der Waals surface area contributed by atoms with Gasteiger partial charge in [-0.15, -0.1) is 10.2 Å². The molecule has 0 saturated carbocycles. The zero-order valence-electron chi connectivity index (χ0n) is 7.29. The molecule has 0 spiro atoms. The van der Waals surface area contributed by atoms with Crippen molar-refractivity contribution in [2.24, 2.45) is 5.92 Å². The van der Waals surface area contributed by atoms with Gasteiger partial charge >= 0.3 is 0 Å². The summed E-state index contributed by atoms with van der Waals surface area (Å²) in [6.45, 7) is 5.52. The van der Waals surface area contributed by atoms with Crippen molar-refractivity contribution >= 4 is 22.4 Å². The van der Waals surface area contributed by atoms with E-state index in [9.17, 15) is 4.79 Å². The summed E-state index contributed by atoms with van der Waals surface area (Å²) in [5.74, 6) is -0.0413. The van der Waals surface area contributed by atoms with Crippen molar-refractivity contribution in [2.45, 2.75) is 20.8 Å². The average Bonchev–Trinajstić information content (AvgIpc) is 2.35. The molecule has 1 heterocycles. The number of aryl methyl sites for hydroxylation is 1. The first-order valence-corrected chi connectivity index (χ1v) is 4.52. The number of hydrogen-bond donors (Lipinski definition) is 1. The highest BCUT2D eigenvalue weighted by atomic mass is 32.1. The van der Waals surface area contributed by atoms with Crippen molar-refractivity contribution in [2.75, 3.05) is 5.32 Å². The summed E-state index contributed by atoms with van der Waals surface area (Å²) in [7, 11) is 0. The predicted octanol–water partition coefficient (Wildman–Crippen LogP) is 1.44. The van der Waals surface area contributed by atoms with E-state index in [0.29, 0.717) is 5.13 Å². The van der Waals surface area contributed by atoms with Gasteiger partial charge < -0.3 is 5.32 Å². The van der Waals surface area contributed by atoms with Gasteiger partial charge in [-0.25, -0.2) is 0 Å². The molecule has 0 aromatic carbocycles. The van der Waals surface area contributed by atoms with E-state index in [-0.39, 0.29) is 11.8 Å². The lowest BCUT2D eigenvalue weighted by atomic mass is 10.2. The van der Waals surface area contributed by atoms with Gasteiger partial charge in [0.15, 0.2) is 0 Å². The van der Waals surface area contributed by atoms with Gasteiger partial charge in [-0.1, -0.05) is 25.2 Å². The van der Waals surface area contributed by atoms with E-state index >= 15 is 0 Å². The van der Waals surface area contributed by atoms with E-state index in [1.165, 1.54) is 11.3 Å². The number of nitrogens with one attached hydrogen (secondary N) is 1.